The third-order valence-electron chi connectivity index (χ3n) is 2.40. The third-order valence-corrected chi connectivity index (χ3v) is 3.75. The van der Waals surface area contributed by atoms with Crippen LogP contribution in [-0.4, -0.2) is 13.4 Å². The molecule has 1 aromatic carbocycles. The second kappa shape index (κ2) is 4.66. The lowest BCUT2D eigenvalue weighted by molar-refractivity contribution is 0.601. The minimum Gasteiger partial charge on any atom is -0.397 e. The average molecular weight is 263 g/mol. The molecular formula is C12H13N3O2S. The van der Waals surface area contributed by atoms with Crippen LogP contribution in [0.1, 0.15) is 5.56 Å². The summed E-state index contributed by atoms with van der Waals surface area (Å²) in [6, 6.07) is 8.17. The Hall–Kier alpha value is -2.08. The molecule has 0 amide bonds. The number of nitrogen functional groups attached to an aromatic ring is 1. The highest BCUT2D eigenvalue weighted by Gasteiger charge is 2.15. The van der Waals surface area contributed by atoms with Crippen LogP contribution in [-0.2, 0) is 10.0 Å². The lowest BCUT2D eigenvalue weighted by atomic mass is 10.2. The second-order valence-electron chi connectivity index (χ2n) is 3.88. The molecule has 0 unspecified atom stereocenters. The summed E-state index contributed by atoms with van der Waals surface area (Å²) in [5.41, 5.74) is 7.49. The fourth-order valence-electron chi connectivity index (χ4n) is 1.48. The molecule has 0 bridgehead atoms. The number of hydrogen-bond acceptors (Lipinski definition) is 4. The van der Waals surface area contributed by atoms with Gasteiger partial charge in [-0.3, -0.25) is 9.71 Å². The summed E-state index contributed by atoms with van der Waals surface area (Å²) >= 11 is 0. The standard InChI is InChI=1S/C12H13N3O2S/c1-9-4-5-12(11(13)7-9)15-18(16,17)10-3-2-6-14-8-10/h2-8,15H,13H2,1H3. The Bertz CT molecular complexity index is 654. The van der Waals surface area contributed by atoms with Gasteiger partial charge in [-0.2, -0.15) is 0 Å². The van der Waals surface area contributed by atoms with Gasteiger partial charge in [0.15, 0.2) is 0 Å². The molecule has 1 aromatic heterocycles. The number of nitrogens with two attached hydrogens (primary N) is 1. The average Bonchev–Trinajstić information content (AvgIpc) is 2.34. The lowest BCUT2D eigenvalue weighted by Gasteiger charge is -2.10. The van der Waals surface area contributed by atoms with Crippen molar-refractivity contribution in [2.75, 3.05) is 10.5 Å². The molecule has 5 nitrogen and oxygen atoms in total. The van der Waals surface area contributed by atoms with Crippen molar-refractivity contribution in [3.8, 4) is 0 Å². The zero-order chi connectivity index (χ0) is 13.2. The van der Waals surface area contributed by atoms with E-state index in [4.69, 9.17) is 5.73 Å². The smallest absolute Gasteiger partial charge is 0.263 e. The molecule has 0 aliphatic heterocycles. The van der Waals surface area contributed by atoms with Crippen molar-refractivity contribution in [2.45, 2.75) is 11.8 Å². The summed E-state index contributed by atoms with van der Waals surface area (Å²) in [5.74, 6) is 0. The Kier molecular flexibility index (Phi) is 3.20. The number of hydrogen-bond donors (Lipinski definition) is 2. The first-order chi connectivity index (χ1) is 8.49. The first kappa shape index (κ1) is 12.4. The number of aromatic nitrogens is 1. The number of nitrogens with zero attached hydrogens (tertiary/aromatic N) is 1. The van der Waals surface area contributed by atoms with Crippen LogP contribution in [0.3, 0.4) is 0 Å². The molecule has 0 spiro atoms. The molecule has 3 N–H and O–H groups in total. The normalized spacial score (nSPS) is 11.2. The van der Waals surface area contributed by atoms with Crippen molar-refractivity contribution >= 4 is 21.4 Å². The Labute approximate surface area is 106 Å². The van der Waals surface area contributed by atoms with Crippen molar-refractivity contribution in [3.63, 3.8) is 0 Å². The molecule has 0 radical (unpaired) electrons. The predicted octanol–water partition coefficient (Wildman–Crippen LogP) is 1.77. The van der Waals surface area contributed by atoms with Crippen molar-refractivity contribution in [1.29, 1.82) is 0 Å². The fourth-order valence-corrected chi connectivity index (χ4v) is 2.54. The number of aryl methyl sites for hydroxylation is 1. The zero-order valence-corrected chi connectivity index (χ0v) is 10.6. The summed E-state index contributed by atoms with van der Waals surface area (Å²) in [6.45, 7) is 1.88. The van der Waals surface area contributed by atoms with Gasteiger partial charge in [0.25, 0.3) is 10.0 Å². The molecule has 0 saturated heterocycles. The van der Waals surface area contributed by atoms with Gasteiger partial charge < -0.3 is 5.73 Å². The Morgan fingerprint density at radius 3 is 2.67 bits per heavy atom. The van der Waals surface area contributed by atoms with Crippen LogP contribution in [0.5, 0.6) is 0 Å². The van der Waals surface area contributed by atoms with Crippen molar-refractivity contribution in [2.24, 2.45) is 0 Å². The van der Waals surface area contributed by atoms with Gasteiger partial charge in [-0.1, -0.05) is 6.07 Å². The molecule has 6 heteroatoms. The van der Waals surface area contributed by atoms with Gasteiger partial charge in [-0.15, -0.1) is 0 Å². The van der Waals surface area contributed by atoms with Crippen LogP contribution in [0.15, 0.2) is 47.6 Å². The summed E-state index contributed by atoms with van der Waals surface area (Å²) in [5, 5.41) is 0. The van der Waals surface area contributed by atoms with Gasteiger partial charge in [0.1, 0.15) is 4.90 Å². The van der Waals surface area contributed by atoms with Gasteiger partial charge in [-0.05, 0) is 36.8 Å². The van der Waals surface area contributed by atoms with Crippen LogP contribution >= 0.6 is 0 Å². The third kappa shape index (κ3) is 2.60. The fraction of sp³-hybridized carbons (Fsp3) is 0.0833. The van der Waals surface area contributed by atoms with Crippen LogP contribution in [0.4, 0.5) is 11.4 Å². The van der Waals surface area contributed by atoms with E-state index in [2.05, 4.69) is 9.71 Å². The minimum atomic E-state index is -3.64. The van der Waals surface area contributed by atoms with Crippen molar-refractivity contribution < 1.29 is 8.42 Å². The maximum absolute atomic E-state index is 12.0. The monoisotopic (exact) mass is 263 g/mol. The number of benzene rings is 1. The first-order valence-corrected chi connectivity index (χ1v) is 6.76. The van der Waals surface area contributed by atoms with E-state index in [-0.39, 0.29) is 4.90 Å². The highest BCUT2D eigenvalue weighted by Crippen LogP contribution is 2.22. The van der Waals surface area contributed by atoms with E-state index in [1.54, 1.807) is 24.3 Å². The molecule has 0 aliphatic rings. The molecule has 0 fully saturated rings. The van der Waals surface area contributed by atoms with E-state index in [0.29, 0.717) is 11.4 Å². The van der Waals surface area contributed by atoms with Gasteiger partial charge in [0, 0.05) is 12.4 Å². The molecule has 0 aliphatic carbocycles. The quantitative estimate of drug-likeness (QED) is 0.826. The van der Waals surface area contributed by atoms with Crippen LogP contribution in [0, 0.1) is 6.92 Å². The first-order valence-electron chi connectivity index (χ1n) is 5.28. The van der Waals surface area contributed by atoms with E-state index < -0.39 is 10.0 Å². The molecule has 0 saturated carbocycles. The highest BCUT2D eigenvalue weighted by atomic mass is 32.2. The molecule has 2 aromatic rings. The SMILES string of the molecule is Cc1ccc(NS(=O)(=O)c2cccnc2)c(N)c1. The molecule has 2 rings (SSSR count). The Morgan fingerprint density at radius 1 is 1.28 bits per heavy atom. The minimum absolute atomic E-state index is 0.102. The molecule has 0 atom stereocenters. The number of anilines is 2. The molecule has 94 valence electrons. The van der Waals surface area contributed by atoms with E-state index in [1.165, 1.54) is 18.5 Å². The van der Waals surface area contributed by atoms with Crippen molar-refractivity contribution in [3.05, 3.63) is 48.3 Å². The van der Waals surface area contributed by atoms with Crippen LogP contribution in [0.25, 0.3) is 0 Å². The molecule has 18 heavy (non-hydrogen) atoms. The van der Waals surface area contributed by atoms with Crippen LogP contribution < -0.4 is 10.5 Å². The van der Waals surface area contributed by atoms with Crippen molar-refractivity contribution in [1.82, 2.24) is 4.98 Å². The van der Waals surface area contributed by atoms with E-state index in [1.807, 2.05) is 6.92 Å². The van der Waals surface area contributed by atoms with E-state index >= 15 is 0 Å². The predicted molar refractivity (Wildman–Crippen MR) is 70.6 cm³/mol. The van der Waals surface area contributed by atoms with Gasteiger partial charge >= 0.3 is 0 Å². The molecule has 1 heterocycles. The summed E-state index contributed by atoms with van der Waals surface area (Å²) in [7, 11) is -3.64. The Morgan fingerprint density at radius 2 is 2.06 bits per heavy atom. The number of rotatable bonds is 3. The van der Waals surface area contributed by atoms with E-state index in [0.717, 1.165) is 5.56 Å². The maximum atomic E-state index is 12.0. The number of sulfonamides is 1. The maximum Gasteiger partial charge on any atom is 0.263 e. The summed E-state index contributed by atoms with van der Waals surface area (Å²) in [6.07, 6.45) is 2.80. The summed E-state index contributed by atoms with van der Waals surface area (Å²) in [4.78, 5) is 3.88. The Balaban J connectivity index is 2.34. The number of pyridine rings is 1. The lowest BCUT2D eigenvalue weighted by Crippen LogP contribution is -2.14. The van der Waals surface area contributed by atoms with Gasteiger partial charge in [0.05, 0.1) is 11.4 Å². The van der Waals surface area contributed by atoms with Crippen LogP contribution in [0.2, 0.25) is 0 Å². The number of nitrogens with one attached hydrogen (secondary N) is 1. The topological polar surface area (TPSA) is 85.1 Å². The van der Waals surface area contributed by atoms with E-state index in [9.17, 15) is 8.42 Å². The van der Waals surface area contributed by atoms with Gasteiger partial charge in [-0.25, -0.2) is 8.42 Å². The zero-order valence-electron chi connectivity index (χ0n) is 9.79. The largest absolute Gasteiger partial charge is 0.397 e. The molecular weight excluding hydrogens is 250 g/mol. The van der Waals surface area contributed by atoms with Gasteiger partial charge in [0.2, 0.25) is 0 Å². The highest BCUT2D eigenvalue weighted by molar-refractivity contribution is 7.92. The summed E-state index contributed by atoms with van der Waals surface area (Å²) < 4.78 is 26.5. The second-order valence-corrected chi connectivity index (χ2v) is 5.57.